The molecule has 110 valence electrons. The molecule has 1 atom stereocenters. The number of rotatable bonds is 5. The Balaban J connectivity index is 2.34. The molecule has 0 bridgehead atoms. The van der Waals surface area contributed by atoms with Crippen LogP contribution in [0.25, 0.3) is 0 Å². The van der Waals surface area contributed by atoms with Gasteiger partial charge in [0.1, 0.15) is 0 Å². The number of fused-ring (bicyclic) bond motifs is 1. The molecular formula is C12H15NO6S. The number of carboxylic acids is 1. The summed E-state index contributed by atoms with van der Waals surface area (Å²) in [6.07, 6.45) is 1.03. The molecule has 1 N–H and O–H groups in total. The van der Waals surface area contributed by atoms with Gasteiger partial charge < -0.3 is 14.6 Å². The monoisotopic (exact) mass is 301 g/mol. The molecule has 1 unspecified atom stereocenters. The van der Waals surface area contributed by atoms with E-state index in [1.54, 1.807) is 12.1 Å². The van der Waals surface area contributed by atoms with E-state index in [-0.39, 0.29) is 13.3 Å². The molecule has 7 nitrogen and oxygen atoms in total. The van der Waals surface area contributed by atoms with E-state index in [0.717, 1.165) is 10.6 Å². The first-order valence-electron chi connectivity index (χ1n) is 5.89. The number of carboxylic acid groups (broad SMARTS) is 1. The predicted molar refractivity (Wildman–Crippen MR) is 71.6 cm³/mol. The van der Waals surface area contributed by atoms with E-state index in [9.17, 15) is 13.2 Å². The summed E-state index contributed by atoms with van der Waals surface area (Å²) < 4.78 is 35.1. The number of hydrogen-bond acceptors (Lipinski definition) is 5. The summed E-state index contributed by atoms with van der Waals surface area (Å²) in [4.78, 5) is 10.9. The quantitative estimate of drug-likeness (QED) is 0.868. The van der Waals surface area contributed by atoms with Crippen LogP contribution in [-0.2, 0) is 14.8 Å². The lowest BCUT2D eigenvalue weighted by Gasteiger charge is -2.24. The maximum absolute atomic E-state index is 11.9. The van der Waals surface area contributed by atoms with Gasteiger partial charge >= 0.3 is 5.97 Å². The SMILES string of the molecule is CC(CN(c1ccc2c(c1)OCO2)S(C)(=O)=O)C(=O)O. The standard InChI is InChI=1S/C12H15NO6S/c1-8(12(14)15)6-13(20(2,16)17)9-3-4-10-11(5-9)19-7-18-10/h3-5,8H,6-7H2,1-2H3,(H,14,15). The van der Waals surface area contributed by atoms with E-state index < -0.39 is 21.9 Å². The number of ether oxygens (including phenoxy) is 2. The Morgan fingerprint density at radius 1 is 1.40 bits per heavy atom. The van der Waals surface area contributed by atoms with Crippen LogP contribution < -0.4 is 13.8 Å². The molecule has 0 radical (unpaired) electrons. The summed E-state index contributed by atoms with van der Waals surface area (Å²) in [6.45, 7) is 1.39. The average Bonchev–Trinajstić information content (AvgIpc) is 2.80. The molecule has 8 heteroatoms. The number of nitrogens with zero attached hydrogens (tertiary/aromatic N) is 1. The first kappa shape index (κ1) is 14.4. The molecule has 20 heavy (non-hydrogen) atoms. The molecule has 0 aliphatic carbocycles. The lowest BCUT2D eigenvalue weighted by Crippen LogP contribution is -2.36. The topological polar surface area (TPSA) is 93.1 Å². The normalized spacial score (nSPS) is 14.9. The van der Waals surface area contributed by atoms with Gasteiger partial charge in [0.05, 0.1) is 17.9 Å². The predicted octanol–water partition coefficient (Wildman–Crippen LogP) is 0.902. The molecular weight excluding hydrogens is 286 g/mol. The van der Waals surface area contributed by atoms with E-state index in [4.69, 9.17) is 14.6 Å². The van der Waals surface area contributed by atoms with Gasteiger partial charge in [0.15, 0.2) is 11.5 Å². The van der Waals surface area contributed by atoms with E-state index in [1.165, 1.54) is 13.0 Å². The molecule has 0 spiro atoms. The molecule has 0 saturated heterocycles. The fourth-order valence-electron chi connectivity index (χ4n) is 1.80. The number of hydrogen-bond donors (Lipinski definition) is 1. The zero-order valence-electron chi connectivity index (χ0n) is 11.1. The van der Waals surface area contributed by atoms with Gasteiger partial charge in [-0.05, 0) is 12.1 Å². The van der Waals surface area contributed by atoms with Crippen molar-refractivity contribution in [2.24, 2.45) is 5.92 Å². The Morgan fingerprint density at radius 3 is 2.65 bits per heavy atom. The summed E-state index contributed by atoms with van der Waals surface area (Å²) in [5.41, 5.74) is 0.352. The van der Waals surface area contributed by atoms with Gasteiger partial charge in [0.25, 0.3) is 0 Å². The minimum Gasteiger partial charge on any atom is -0.481 e. The first-order chi connectivity index (χ1) is 9.29. The van der Waals surface area contributed by atoms with Crippen molar-refractivity contribution in [1.29, 1.82) is 0 Å². The van der Waals surface area contributed by atoms with E-state index in [1.807, 2.05) is 0 Å². The maximum atomic E-state index is 11.9. The molecule has 0 saturated carbocycles. The van der Waals surface area contributed by atoms with Crippen molar-refractivity contribution in [3.8, 4) is 11.5 Å². The van der Waals surface area contributed by atoms with Crippen molar-refractivity contribution in [3.05, 3.63) is 18.2 Å². The Labute approximate surface area is 116 Å². The second-order valence-electron chi connectivity index (χ2n) is 4.57. The highest BCUT2D eigenvalue weighted by Crippen LogP contribution is 2.36. The zero-order valence-corrected chi connectivity index (χ0v) is 11.9. The molecule has 0 amide bonds. The van der Waals surface area contributed by atoms with Crippen LogP contribution in [0.1, 0.15) is 6.92 Å². The lowest BCUT2D eigenvalue weighted by atomic mass is 10.2. The Morgan fingerprint density at radius 2 is 2.05 bits per heavy atom. The second kappa shape index (κ2) is 5.20. The van der Waals surface area contributed by atoms with Crippen LogP contribution in [0.3, 0.4) is 0 Å². The molecule has 1 aromatic rings. The van der Waals surface area contributed by atoms with E-state index in [2.05, 4.69) is 0 Å². The minimum absolute atomic E-state index is 0.0865. The number of sulfonamides is 1. The number of carbonyl (C=O) groups is 1. The summed E-state index contributed by atoms with van der Waals surface area (Å²) in [7, 11) is -3.59. The number of anilines is 1. The highest BCUT2D eigenvalue weighted by atomic mass is 32.2. The van der Waals surface area contributed by atoms with Gasteiger partial charge in [0.2, 0.25) is 16.8 Å². The zero-order chi connectivity index (χ0) is 14.9. The van der Waals surface area contributed by atoms with Crippen molar-refractivity contribution in [1.82, 2.24) is 0 Å². The highest BCUT2D eigenvalue weighted by molar-refractivity contribution is 7.92. The molecule has 1 aromatic carbocycles. The van der Waals surface area contributed by atoms with Gasteiger partial charge in [-0.25, -0.2) is 8.42 Å². The third kappa shape index (κ3) is 2.96. The van der Waals surface area contributed by atoms with Crippen LogP contribution in [0.5, 0.6) is 11.5 Å². The van der Waals surface area contributed by atoms with Crippen molar-refractivity contribution in [2.45, 2.75) is 6.92 Å². The van der Waals surface area contributed by atoms with Crippen molar-refractivity contribution in [3.63, 3.8) is 0 Å². The molecule has 1 heterocycles. The third-order valence-electron chi connectivity index (χ3n) is 2.91. The molecule has 0 fully saturated rings. The Kier molecular flexibility index (Phi) is 3.76. The summed E-state index contributed by atoms with van der Waals surface area (Å²) >= 11 is 0. The van der Waals surface area contributed by atoms with Gasteiger partial charge in [-0.2, -0.15) is 0 Å². The Hall–Kier alpha value is -1.96. The highest BCUT2D eigenvalue weighted by Gasteiger charge is 2.25. The average molecular weight is 301 g/mol. The van der Waals surface area contributed by atoms with Crippen molar-refractivity contribution >= 4 is 21.7 Å². The molecule has 1 aliphatic heterocycles. The molecule has 0 aromatic heterocycles. The fourth-order valence-corrected chi connectivity index (χ4v) is 2.79. The van der Waals surface area contributed by atoms with Gasteiger partial charge in [-0.1, -0.05) is 6.92 Å². The smallest absolute Gasteiger partial charge is 0.308 e. The van der Waals surface area contributed by atoms with Gasteiger partial charge in [0, 0.05) is 12.6 Å². The number of aliphatic carboxylic acids is 1. The van der Waals surface area contributed by atoms with E-state index in [0.29, 0.717) is 17.2 Å². The second-order valence-corrected chi connectivity index (χ2v) is 6.48. The fraction of sp³-hybridized carbons (Fsp3) is 0.417. The van der Waals surface area contributed by atoms with E-state index >= 15 is 0 Å². The minimum atomic E-state index is -3.59. The summed E-state index contributed by atoms with van der Waals surface area (Å²) in [6, 6.07) is 4.68. The first-order valence-corrected chi connectivity index (χ1v) is 7.74. The van der Waals surface area contributed by atoms with Crippen LogP contribution in [0.4, 0.5) is 5.69 Å². The van der Waals surface area contributed by atoms with Gasteiger partial charge in [-0.3, -0.25) is 9.10 Å². The van der Waals surface area contributed by atoms with Crippen LogP contribution in [-0.4, -0.2) is 39.1 Å². The lowest BCUT2D eigenvalue weighted by molar-refractivity contribution is -0.140. The largest absolute Gasteiger partial charge is 0.481 e. The van der Waals surface area contributed by atoms with Crippen molar-refractivity contribution in [2.75, 3.05) is 23.9 Å². The van der Waals surface area contributed by atoms with Crippen LogP contribution in [0.15, 0.2) is 18.2 Å². The molecule has 1 aliphatic rings. The van der Waals surface area contributed by atoms with Crippen molar-refractivity contribution < 1.29 is 27.8 Å². The van der Waals surface area contributed by atoms with Crippen LogP contribution in [0, 0.1) is 5.92 Å². The summed E-state index contributed by atoms with van der Waals surface area (Å²) in [5.74, 6) is -0.901. The van der Waals surface area contributed by atoms with Gasteiger partial charge in [-0.15, -0.1) is 0 Å². The maximum Gasteiger partial charge on any atom is 0.308 e. The number of benzene rings is 1. The molecule has 2 rings (SSSR count). The van der Waals surface area contributed by atoms with Crippen LogP contribution in [0.2, 0.25) is 0 Å². The van der Waals surface area contributed by atoms with Crippen LogP contribution >= 0.6 is 0 Å². The Bertz CT molecular complexity index is 627. The summed E-state index contributed by atoms with van der Waals surface area (Å²) in [5, 5.41) is 8.93. The third-order valence-corrected chi connectivity index (χ3v) is 4.07.